The number of aromatic nitrogens is 1. The number of aryl methyl sites for hydroxylation is 1. The van der Waals surface area contributed by atoms with Crippen molar-refractivity contribution in [1.82, 2.24) is 4.98 Å². The lowest BCUT2D eigenvalue weighted by molar-refractivity contribution is -0.141. The first-order valence-electron chi connectivity index (χ1n) is 8.41. The minimum atomic E-state index is -0.441. The third-order valence-electron chi connectivity index (χ3n) is 3.79. The van der Waals surface area contributed by atoms with Gasteiger partial charge in [-0.05, 0) is 23.4 Å². The molecule has 26 heavy (non-hydrogen) atoms. The first kappa shape index (κ1) is 18.5. The highest BCUT2D eigenvalue weighted by atomic mass is 32.1. The molecule has 0 aliphatic rings. The minimum absolute atomic E-state index is 0.0740. The number of ether oxygens (including phenoxy) is 1. The highest BCUT2D eigenvalue weighted by Crippen LogP contribution is 2.27. The van der Waals surface area contributed by atoms with Crippen molar-refractivity contribution in [2.24, 2.45) is 0 Å². The number of esters is 1. The topological polar surface area (TPSA) is 56.3 Å². The van der Waals surface area contributed by atoms with Crippen molar-refractivity contribution in [2.45, 2.75) is 26.2 Å². The molecule has 0 atom stereocenters. The van der Waals surface area contributed by atoms with Crippen LogP contribution in [0.4, 0.5) is 0 Å². The highest BCUT2D eigenvalue weighted by Gasteiger charge is 2.13. The molecule has 4 nitrogen and oxygen atoms in total. The van der Waals surface area contributed by atoms with E-state index in [4.69, 9.17) is 4.74 Å². The zero-order valence-electron chi connectivity index (χ0n) is 14.4. The van der Waals surface area contributed by atoms with Gasteiger partial charge in [-0.2, -0.15) is 0 Å². The third kappa shape index (κ3) is 4.86. The van der Waals surface area contributed by atoms with E-state index in [2.05, 4.69) is 11.9 Å². The molecule has 2 aromatic heterocycles. The average Bonchev–Trinajstić information content (AvgIpc) is 3.32. The molecule has 0 unspecified atom stereocenters. The van der Waals surface area contributed by atoms with Gasteiger partial charge in [-0.25, -0.2) is 4.98 Å². The van der Waals surface area contributed by atoms with E-state index < -0.39 is 5.97 Å². The van der Waals surface area contributed by atoms with Gasteiger partial charge >= 0.3 is 5.97 Å². The number of thiazole rings is 1. The van der Waals surface area contributed by atoms with Crippen LogP contribution in [-0.4, -0.2) is 23.3 Å². The molecule has 0 amide bonds. The third-order valence-corrected chi connectivity index (χ3v) is 5.72. The van der Waals surface area contributed by atoms with Gasteiger partial charge in [-0.15, -0.1) is 22.7 Å². The normalized spacial score (nSPS) is 10.7. The number of benzene rings is 1. The van der Waals surface area contributed by atoms with E-state index in [1.54, 1.807) is 23.5 Å². The van der Waals surface area contributed by atoms with E-state index >= 15 is 0 Å². The lowest BCUT2D eigenvalue weighted by atomic mass is 10.1. The second-order valence-electron chi connectivity index (χ2n) is 5.83. The summed E-state index contributed by atoms with van der Waals surface area (Å²) in [6.07, 6.45) is 2.13. The summed E-state index contributed by atoms with van der Waals surface area (Å²) in [5.74, 6) is -0.636. The Balaban J connectivity index is 1.50. The predicted octanol–water partition coefficient (Wildman–Crippen LogP) is 4.79. The van der Waals surface area contributed by atoms with Crippen LogP contribution in [0.2, 0.25) is 0 Å². The molecule has 0 radical (unpaired) electrons. The van der Waals surface area contributed by atoms with Crippen molar-refractivity contribution in [3.63, 3.8) is 0 Å². The summed E-state index contributed by atoms with van der Waals surface area (Å²) >= 11 is 3.11. The molecule has 0 aliphatic carbocycles. The second-order valence-corrected chi connectivity index (χ2v) is 7.63. The van der Waals surface area contributed by atoms with Crippen molar-refractivity contribution in [3.8, 4) is 9.88 Å². The standard InChI is InChI=1S/C20H19NO3S2/c1-2-4-14-6-8-15(9-7-14)17(22)12-24-19(23)11-16-13-26-20(21-16)18-5-3-10-25-18/h3,5-10,13H,2,4,11-12H2,1H3. The van der Waals surface area contributed by atoms with Crippen molar-refractivity contribution in [3.05, 3.63) is 64.0 Å². The molecule has 3 aromatic rings. The van der Waals surface area contributed by atoms with Crippen LogP contribution >= 0.6 is 22.7 Å². The predicted molar refractivity (Wildman–Crippen MR) is 105 cm³/mol. The first-order chi connectivity index (χ1) is 12.7. The van der Waals surface area contributed by atoms with Crippen LogP contribution in [0.1, 0.15) is 35.0 Å². The SMILES string of the molecule is CCCc1ccc(C(=O)COC(=O)Cc2csc(-c3cccs3)n2)cc1. The van der Waals surface area contributed by atoms with Gasteiger partial charge in [0.15, 0.2) is 12.4 Å². The Hall–Kier alpha value is -2.31. The molecule has 1 aromatic carbocycles. The van der Waals surface area contributed by atoms with E-state index in [1.807, 2.05) is 35.0 Å². The summed E-state index contributed by atoms with van der Waals surface area (Å²) in [4.78, 5) is 29.6. The van der Waals surface area contributed by atoms with Crippen molar-refractivity contribution >= 4 is 34.4 Å². The van der Waals surface area contributed by atoms with E-state index in [0.717, 1.165) is 22.7 Å². The molecule has 0 aliphatic heterocycles. The second kappa shape index (κ2) is 8.87. The Morgan fingerprint density at radius 1 is 1.12 bits per heavy atom. The van der Waals surface area contributed by atoms with Crippen LogP contribution in [-0.2, 0) is 22.4 Å². The molecule has 0 fully saturated rings. The number of ketones is 1. The van der Waals surface area contributed by atoms with Gasteiger partial charge < -0.3 is 4.74 Å². The Morgan fingerprint density at radius 3 is 2.62 bits per heavy atom. The highest BCUT2D eigenvalue weighted by molar-refractivity contribution is 7.20. The Bertz CT molecular complexity index is 867. The van der Waals surface area contributed by atoms with Crippen LogP contribution in [0.25, 0.3) is 9.88 Å². The lowest BCUT2D eigenvalue weighted by Crippen LogP contribution is -2.15. The largest absolute Gasteiger partial charge is 0.457 e. The number of carbonyl (C=O) groups is 2. The van der Waals surface area contributed by atoms with Gasteiger partial charge in [0.1, 0.15) is 5.01 Å². The Morgan fingerprint density at radius 2 is 1.92 bits per heavy atom. The van der Waals surface area contributed by atoms with Crippen LogP contribution in [0, 0.1) is 0 Å². The Labute approximate surface area is 160 Å². The van der Waals surface area contributed by atoms with Crippen LogP contribution in [0.15, 0.2) is 47.2 Å². The fourth-order valence-corrected chi connectivity index (χ4v) is 4.11. The summed E-state index contributed by atoms with van der Waals surface area (Å²) in [6.45, 7) is 1.87. The van der Waals surface area contributed by atoms with Crippen LogP contribution in [0.3, 0.4) is 0 Å². The van der Waals surface area contributed by atoms with E-state index in [9.17, 15) is 9.59 Å². The fourth-order valence-electron chi connectivity index (χ4n) is 2.48. The number of hydrogen-bond acceptors (Lipinski definition) is 6. The molecule has 0 saturated heterocycles. The van der Waals surface area contributed by atoms with E-state index in [1.165, 1.54) is 16.9 Å². The summed E-state index contributed by atoms with van der Waals surface area (Å²) in [5, 5.41) is 4.74. The number of Topliss-reactive ketones (excluding diaryl/α,β-unsaturated/α-hetero) is 1. The first-order valence-corrected chi connectivity index (χ1v) is 10.2. The summed E-state index contributed by atoms with van der Waals surface area (Å²) in [5.41, 5.74) is 2.43. The summed E-state index contributed by atoms with van der Waals surface area (Å²) in [7, 11) is 0. The van der Waals surface area contributed by atoms with Gasteiger partial charge in [0, 0.05) is 10.9 Å². The average molecular weight is 386 g/mol. The van der Waals surface area contributed by atoms with Crippen molar-refractivity contribution in [2.75, 3.05) is 6.61 Å². The molecule has 0 spiro atoms. The van der Waals surface area contributed by atoms with E-state index in [0.29, 0.717) is 11.3 Å². The van der Waals surface area contributed by atoms with Crippen molar-refractivity contribution < 1.29 is 14.3 Å². The molecule has 0 bridgehead atoms. The van der Waals surface area contributed by atoms with Gasteiger partial charge in [0.25, 0.3) is 0 Å². The quantitative estimate of drug-likeness (QED) is 0.413. The summed E-state index contributed by atoms with van der Waals surface area (Å²) in [6, 6.07) is 11.4. The maximum absolute atomic E-state index is 12.1. The lowest BCUT2D eigenvalue weighted by Gasteiger charge is -2.05. The smallest absolute Gasteiger partial charge is 0.312 e. The molecule has 3 rings (SSSR count). The maximum Gasteiger partial charge on any atom is 0.312 e. The number of rotatable bonds is 8. The molecular formula is C20H19NO3S2. The molecule has 134 valence electrons. The van der Waals surface area contributed by atoms with Crippen molar-refractivity contribution in [1.29, 1.82) is 0 Å². The van der Waals surface area contributed by atoms with Crippen LogP contribution in [0.5, 0.6) is 0 Å². The number of carbonyl (C=O) groups excluding carboxylic acids is 2. The van der Waals surface area contributed by atoms with Gasteiger partial charge in [0.05, 0.1) is 17.0 Å². The molecule has 0 N–H and O–H groups in total. The molecule has 6 heteroatoms. The maximum atomic E-state index is 12.1. The van der Waals surface area contributed by atoms with Gasteiger partial charge in [-0.3, -0.25) is 9.59 Å². The number of thiophene rings is 1. The van der Waals surface area contributed by atoms with Gasteiger partial charge in [-0.1, -0.05) is 43.7 Å². The fraction of sp³-hybridized carbons (Fsp3) is 0.250. The number of hydrogen-bond donors (Lipinski definition) is 0. The monoisotopic (exact) mass is 385 g/mol. The minimum Gasteiger partial charge on any atom is -0.457 e. The zero-order valence-corrected chi connectivity index (χ0v) is 16.1. The zero-order chi connectivity index (χ0) is 18.4. The summed E-state index contributed by atoms with van der Waals surface area (Å²) < 4.78 is 5.12. The Kier molecular flexibility index (Phi) is 6.30. The van der Waals surface area contributed by atoms with Crippen LogP contribution < -0.4 is 0 Å². The molecular weight excluding hydrogens is 366 g/mol. The number of nitrogens with zero attached hydrogens (tertiary/aromatic N) is 1. The molecule has 0 saturated carbocycles. The molecule has 2 heterocycles. The van der Waals surface area contributed by atoms with Gasteiger partial charge in [0.2, 0.25) is 0 Å². The van der Waals surface area contributed by atoms with E-state index in [-0.39, 0.29) is 18.8 Å².